The summed E-state index contributed by atoms with van der Waals surface area (Å²) in [5.41, 5.74) is 0.546. The number of carbonyl (C=O) groups is 2. The Labute approximate surface area is 146 Å². The number of hydrogen-bond donors (Lipinski definition) is 2. The highest BCUT2D eigenvalue weighted by molar-refractivity contribution is 6.04. The molecule has 0 aliphatic carbocycles. The zero-order chi connectivity index (χ0) is 18.1. The van der Waals surface area contributed by atoms with Crippen molar-refractivity contribution in [3.8, 4) is 5.75 Å². The van der Waals surface area contributed by atoms with Crippen molar-refractivity contribution in [3.05, 3.63) is 36.4 Å². The van der Waals surface area contributed by atoms with Crippen LogP contribution in [0.1, 0.15) is 32.5 Å². The summed E-state index contributed by atoms with van der Waals surface area (Å²) in [7, 11) is 0. The average molecular weight is 345 g/mol. The molecular formula is C17H23N5O3. The van der Waals surface area contributed by atoms with Crippen molar-refractivity contribution in [3.63, 3.8) is 0 Å². The van der Waals surface area contributed by atoms with Gasteiger partial charge in [-0.15, -0.1) is 10.2 Å². The summed E-state index contributed by atoms with van der Waals surface area (Å²) in [6, 6.07) is 7.10. The van der Waals surface area contributed by atoms with Gasteiger partial charge in [0.2, 0.25) is 11.8 Å². The van der Waals surface area contributed by atoms with Crippen molar-refractivity contribution in [2.75, 3.05) is 11.9 Å². The summed E-state index contributed by atoms with van der Waals surface area (Å²) in [6.07, 6.45) is 2.30. The molecule has 1 aromatic carbocycles. The number of nitrogens with one attached hydrogen (secondary N) is 2. The van der Waals surface area contributed by atoms with Crippen LogP contribution in [0, 0.1) is 0 Å². The van der Waals surface area contributed by atoms with Crippen molar-refractivity contribution in [2.24, 2.45) is 0 Å². The summed E-state index contributed by atoms with van der Waals surface area (Å²) in [5.74, 6) is 0.459. The molecule has 0 unspecified atom stereocenters. The normalized spacial score (nSPS) is 10.3. The number of hydrogen-bond acceptors (Lipinski definition) is 5. The highest BCUT2D eigenvalue weighted by Crippen LogP contribution is 2.23. The van der Waals surface area contributed by atoms with Crippen LogP contribution in [-0.2, 0) is 22.7 Å². The van der Waals surface area contributed by atoms with Gasteiger partial charge in [-0.25, -0.2) is 0 Å². The van der Waals surface area contributed by atoms with E-state index in [1.807, 2.05) is 24.5 Å². The van der Waals surface area contributed by atoms with Gasteiger partial charge in [0, 0.05) is 6.54 Å². The first-order valence-electron chi connectivity index (χ1n) is 8.29. The van der Waals surface area contributed by atoms with Crippen LogP contribution in [0.15, 0.2) is 30.6 Å². The van der Waals surface area contributed by atoms with Crippen molar-refractivity contribution in [2.45, 2.75) is 39.8 Å². The monoisotopic (exact) mass is 345 g/mol. The molecule has 134 valence electrons. The first-order valence-corrected chi connectivity index (χ1v) is 8.29. The third kappa shape index (κ3) is 5.59. The third-order valence-corrected chi connectivity index (χ3v) is 3.39. The van der Waals surface area contributed by atoms with Crippen LogP contribution >= 0.6 is 0 Å². The van der Waals surface area contributed by atoms with Crippen molar-refractivity contribution in [1.82, 2.24) is 20.1 Å². The lowest BCUT2D eigenvalue weighted by molar-refractivity contribution is -0.126. The molecule has 0 saturated carbocycles. The zero-order valence-corrected chi connectivity index (χ0v) is 14.5. The number of carbonyl (C=O) groups excluding carboxylic acids is 2. The second-order valence-electron chi connectivity index (χ2n) is 5.37. The molecule has 0 aliphatic rings. The van der Waals surface area contributed by atoms with E-state index >= 15 is 0 Å². The van der Waals surface area contributed by atoms with Gasteiger partial charge < -0.3 is 19.9 Å². The molecule has 0 aliphatic heterocycles. The minimum Gasteiger partial charge on any atom is -0.492 e. The average Bonchev–Trinajstić information content (AvgIpc) is 3.02. The lowest BCUT2D eigenvalue weighted by atomic mass is 10.2. The largest absolute Gasteiger partial charge is 0.492 e. The molecule has 0 radical (unpaired) electrons. The van der Waals surface area contributed by atoms with Gasteiger partial charge in [0.25, 0.3) is 0 Å². The summed E-state index contributed by atoms with van der Waals surface area (Å²) in [5, 5.41) is 13.2. The quantitative estimate of drug-likeness (QED) is 0.675. The Morgan fingerprint density at radius 1 is 1.20 bits per heavy atom. The number of aryl methyl sites for hydroxylation is 1. The van der Waals surface area contributed by atoms with E-state index in [-0.39, 0.29) is 18.9 Å². The van der Waals surface area contributed by atoms with E-state index in [0.717, 1.165) is 13.0 Å². The van der Waals surface area contributed by atoms with E-state index in [9.17, 15) is 9.59 Å². The zero-order valence-electron chi connectivity index (χ0n) is 14.5. The fourth-order valence-electron chi connectivity index (χ4n) is 2.28. The Kier molecular flexibility index (Phi) is 6.94. The first kappa shape index (κ1) is 18.4. The van der Waals surface area contributed by atoms with Gasteiger partial charge in [-0.3, -0.25) is 9.59 Å². The Bertz CT molecular complexity index is 714. The van der Waals surface area contributed by atoms with Crippen LogP contribution in [0.4, 0.5) is 5.69 Å². The van der Waals surface area contributed by atoms with E-state index in [0.29, 0.717) is 23.9 Å². The Balaban J connectivity index is 1.84. The summed E-state index contributed by atoms with van der Waals surface area (Å²) >= 11 is 0. The van der Waals surface area contributed by atoms with E-state index < -0.39 is 5.91 Å². The maximum absolute atomic E-state index is 12.0. The van der Waals surface area contributed by atoms with Gasteiger partial charge >= 0.3 is 0 Å². The van der Waals surface area contributed by atoms with Crippen molar-refractivity contribution >= 4 is 17.5 Å². The summed E-state index contributed by atoms with van der Waals surface area (Å²) < 4.78 is 7.32. The van der Waals surface area contributed by atoms with Crippen LogP contribution in [-0.4, -0.2) is 33.2 Å². The number of anilines is 1. The number of aromatic nitrogens is 3. The lowest BCUT2D eigenvalue weighted by Gasteiger charge is -2.11. The van der Waals surface area contributed by atoms with E-state index in [1.165, 1.54) is 0 Å². The molecule has 2 aromatic rings. The number of benzene rings is 1. The molecule has 2 N–H and O–H groups in total. The molecule has 8 nitrogen and oxygen atoms in total. The molecule has 0 spiro atoms. The number of ether oxygens (including phenoxy) is 1. The SMILES string of the molecule is CCCn1cnnc1CNC(=O)CC(=O)Nc1ccccc1OCC. The van der Waals surface area contributed by atoms with E-state index in [1.54, 1.807) is 24.5 Å². The third-order valence-electron chi connectivity index (χ3n) is 3.39. The molecule has 8 heteroatoms. The second kappa shape index (κ2) is 9.41. The minimum absolute atomic E-state index is 0.238. The molecule has 2 amide bonds. The molecule has 25 heavy (non-hydrogen) atoms. The van der Waals surface area contributed by atoms with Crippen LogP contribution in [0.3, 0.4) is 0 Å². The smallest absolute Gasteiger partial charge is 0.233 e. The molecule has 0 fully saturated rings. The van der Waals surface area contributed by atoms with Gasteiger partial charge in [0.1, 0.15) is 18.5 Å². The van der Waals surface area contributed by atoms with Crippen LogP contribution < -0.4 is 15.4 Å². The van der Waals surface area contributed by atoms with Gasteiger partial charge in [-0.05, 0) is 25.5 Å². The summed E-state index contributed by atoms with van der Waals surface area (Å²) in [4.78, 5) is 24.0. The Morgan fingerprint density at radius 3 is 2.76 bits per heavy atom. The molecule has 0 saturated heterocycles. The highest BCUT2D eigenvalue weighted by Gasteiger charge is 2.13. The molecular weight excluding hydrogens is 322 g/mol. The number of rotatable bonds is 9. The van der Waals surface area contributed by atoms with E-state index in [4.69, 9.17) is 4.74 Å². The molecule has 1 heterocycles. The van der Waals surface area contributed by atoms with Gasteiger partial charge in [-0.1, -0.05) is 19.1 Å². The Morgan fingerprint density at radius 2 is 2.00 bits per heavy atom. The van der Waals surface area contributed by atoms with Crippen LogP contribution in [0.2, 0.25) is 0 Å². The molecule has 0 atom stereocenters. The lowest BCUT2D eigenvalue weighted by Crippen LogP contribution is -2.29. The van der Waals surface area contributed by atoms with Crippen molar-refractivity contribution in [1.29, 1.82) is 0 Å². The molecule has 2 rings (SSSR count). The Hall–Kier alpha value is -2.90. The maximum Gasteiger partial charge on any atom is 0.233 e. The van der Waals surface area contributed by atoms with Gasteiger partial charge in [0.15, 0.2) is 5.82 Å². The van der Waals surface area contributed by atoms with E-state index in [2.05, 4.69) is 20.8 Å². The standard InChI is InChI=1S/C17H23N5O3/c1-3-9-22-12-19-21-15(22)11-18-16(23)10-17(24)20-13-7-5-6-8-14(13)25-4-2/h5-8,12H,3-4,9-11H2,1-2H3,(H,18,23)(H,20,24). The molecule has 0 bridgehead atoms. The predicted molar refractivity (Wildman–Crippen MR) is 93.0 cm³/mol. The predicted octanol–water partition coefficient (Wildman–Crippen LogP) is 1.73. The van der Waals surface area contributed by atoms with Gasteiger partial charge in [-0.2, -0.15) is 0 Å². The number of nitrogens with zero attached hydrogens (tertiary/aromatic N) is 3. The molecule has 1 aromatic heterocycles. The minimum atomic E-state index is -0.403. The fourth-order valence-corrected chi connectivity index (χ4v) is 2.28. The number of para-hydroxylation sites is 2. The topological polar surface area (TPSA) is 98.1 Å². The second-order valence-corrected chi connectivity index (χ2v) is 5.37. The maximum atomic E-state index is 12.0. The summed E-state index contributed by atoms with van der Waals surface area (Å²) in [6.45, 7) is 5.43. The highest BCUT2D eigenvalue weighted by atomic mass is 16.5. The van der Waals surface area contributed by atoms with Crippen molar-refractivity contribution < 1.29 is 14.3 Å². The first-order chi connectivity index (χ1) is 12.1. The van der Waals surface area contributed by atoms with Crippen LogP contribution in [0.25, 0.3) is 0 Å². The van der Waals surface area contributed by atoms with Gasteiger partial charge in [0.05, 0.1) is 18.8 Å². The number of amides is 2. The van der Waals surface area contributed by atoms with Crippen LogP contribution in [0.5, 0.6) is 5.75 Å². The fraction of sp³-hybridized carbons (Fsp3) is 0.412.